The maximum absolute atomic E-state index is 13.0. The molecule has 8 heteroatoms. The van der Waals surface area contributed by atoms with Gasteiger partial charge in [0.05, 0.1) is 15.9 Å². The third kappa shape index (κ3) is 2.50. The summed E-state index contributed by atoms with van der Waals surface area (Å²) in [4.78, 5) is 12.2. The van der Waals surface area contributed by atoms with E-state index in [0.29, 0.717) is 18.6 Å². The van der Waals surface area contributed by atoms with E-state index in [0.717, 1.165) is 18.4 Å². The maximum Gasteiger partial charge on any atom is 0.328 e. The molecule has 2 aromatic rings. The van der Waals surface area contributed by atoms with Gasteiger partial charge < -0.3 is 5.32 Å². The Hall–Kier alpha value is -1.64. The Kier molecular flexibility index (Phi) is 4.07. The molecule has 1 N–H and O–H groups in total. The van der Waals surface area contributed by atoms with Crippen LogP contribution in [0.25, 0.3) is 11.0 Å². The Labute approximate surface area is 135 Å². The number of likely N-dealkylation sites (N-methyl/N-ethyl adjacent to an activating group) is 1. The van der Waals surface area contributed by atoms with Crippen LogP contribution in [0.2, 0.25) is 0 Å². The molecule has 126 valence electrons. The minimum atomic E-state index is -3.55. The van der Waals surface area contributed by atoms with E-state index in [4.69, 9.17) is 0 Å². The molecule has 3 rings (SSSR count). The van der Waals surface area contributed by atoms with Crippen molar-refractivity contribution in [1.82, 2.24) is 18.8 Å². The van der Waals surface area contributed by atoms with Gasteiger partial charge in [-0.2, -0.15) is 4.31 Å². The number of hydrogen-bond donors (Lipinski definition) is 1. The quantitative estimate of drug-likeness (QED) is 0.867. The van der Waals surface area contributed by atoms with Crippen molar-refractivity contribution < 1.29 is 8.42 Å². The van der Waals surface area contributed by atoms with Gasteiger partial charge in [0.25, 0.3) is 0 Å². The highest BCUT2D eigenvalue weighted by Gasteiger charge is 2.35. The molecule has 23 heavy (non-hydrogen) atoms. The SMILES string of the molecule is CNCC1CCCN1S(=O)(=O)c1ccc2c(c1)n(C)c(=O)n2C. The predicted octanol–water partition coefficient (Wildman–Crippen LogP) is 0.249. The van der Waals surface area contributed by atoms with Gasteiger partial charge in [0.1, 0.15) is 0 Å². The zero-order chi connectivity index (χ0) is 16.8. The zero-order valence-electron chi connectivity index (χ0n) is 13.6. The summed E-state index contributed by atoms with van der Waals surface area (Å²) in [7, 11) is 1.61. The van der Waals surface area contributed by atoms with Gasteiger partial charge in [0, 0.05) is 33.2 Å². The van der Waals surface area contributed by atoms with E-state index < -0.39 is 10.0 Å². The summed E-state index contributed by atoms with van der Waals surface area (Å²) in [6.45, 7) is 1.19. The number of benzene rings is 1. The molecule has 1 atom stereocenters. The van der Waals surface area contributed by atoms with E-state index in [2.05, 4.69) is 5.32 Å². The van der Waals surface area contributed by atoms with Gasteiger partial charge >= 0.3 is 5.69 Å². The zero-order valence-corrected chi connectivity index (χ0v) is 14.4. The highest BCUT2D eigenvalue weighted by atomic mass is 32.2. The fraction of sp³-hybridized carbons (Fsp3) is 0.533. The Bertz CT molecular complexity index is 897. The summed E-state index contributed by atoms with van der Waals surface area (Å²) in [5.41, 5.74) is 1.19. The van der Waals surface area contributed by atoms with E-state index in [1.54, 1.807) is 36.6 Å². The van der Waals surface area contributed by atoms with Gasteiger partial charge in [-0.15, -0.1) is 0 Å². The molecule has 1 saturated heterocycles. The van der Waals surface area contributed by atoms with Gasteiger partial charge in [-0.25, -0.2) is 13.2 Å². The van der Waals surface area contributed by atoms with Crippen LogP contribution in [-0.2, 0) is 24.1 Å². The lowest BCUT2D eigenvalue weighted by Gasteiger charge is -2.24. The third-order valence-electron chi connectivity index (χ3n) is 4.61. The van der Waals surface area contributed by atoms with Crippen molar-refractivity contribution >= 4 is 21.1 Å². The molecule has 7 nitrogen and oxygen atoms in total. The summed E-state index contributed by atoms with van der Waals surface area (Å²) in [5, 5.41) is 3.06. The largest absolute Gasteiger partial charge is 0.328 e. The summed E-state index contributed by atoms with van der Waals surface area (Å²) >= 11 is 0. The Morgan fingerprint density at radius 3 is 2.61 bits per heavy atom. The van der Waals surface area contributed by atoms with Gasteiger partial charge in [0.2, 0.25) is 10.0 Å². The maximum atomic E-state index is 13.0. The Morgan fingerprint density at radius 2 is 1.91 bits per heavy atom. The van der Waals surface area contributed by atoms with E-state index in [1.165, 1.54) is 9.13 Å². The number of hydrogen-bond acceptors (Lipinski definition) is 4. The molecule has 0 amide bonds. The van der Waals surface area contributed by atoms with Crippen LogP contribution in [0.3, 0.4) is 0 Å². The first-order valence-electron chi connectivity index (χ1n) is 7.70. The normalized spacial score (nSPS) is 19.7. The van der Waals surface area contributed by atoms with Gasteiger partial charge in [-0.05, 0) is 38.1 Å². The van der Waals surface area contributed by atoms with Crippen molar-refractivity contribution in [3.63, 3.8) is 0 Å². The monoisotopic (exact) mass is 338 g/mol. The molecule has 2 heterocycles. The lowest BCUT2D eigenvalue weighted by atomic mass is 10.2. The second-order valence-electron chi connectivity index (χ2n) is 6.02. The van der Waals surface area contributed by atoms with E-state index in [9.17, 15) is 13.2 Å². The lowest BCUT2D eigenvalue weighted by molar-refractivity contribution is 0.379. The average Bonchev–Trinajstić information content (AvgIpc) is 3.08. The number of sulfonamides is 1. The van der Waals surface area contributed by atoms with Crippen LogP contribution in [0.1, 0.15) is 12.8 Å². The van der Waals surface area contributed by atoms with Crippen LogP contribution in [0.15, 0.2) is 27.9 Å². The number of aromatic nitrogens is 2. The lowest BCUT2D eigenvalue weighted by Crippen LogP contribution is -2.40. The van der Waals surface area contributed by atoms with Gasteiger partial charge in [-0.3, -0.25) is 9.13 Å². The number of imidazole rings is 1. The minimum absolute atomic E-state index is 0.0136. The van der Waals surface area contributed by atoms with Crippen LogP contribution >= 0.6 is 0 Å². The molecule has 0 bridgehead atoms. The number of nitrogens with one attached hydrogen (secondary N) is 1. The van der Waals surface area contributed by atoms with Crippen LogP contribution in [0.4, 0.5) is 0 Å². The average molecular weight is 338 g/mol. The van der Waals surface area contributed by atoms with E-state index in [-0.39, 0.29) is 16.6 Å². The fourth-order valence-electron chi connectivity index (χ4n) is 3.35. The summed E-state index contributed by atoms with van der Waals surface area (Å²) in [6.07, 6.45) is 1.74. The first-order chi connectivity index (χ1) is 10.9. The highest BCUT2D eigenvalue weighted by molar-refractivity contribution is 7.89. The number of rotatable bonds is 4. The van der Waals surface area contributed by atoms with Crippen molar-refractivity contribution in [2.45, 2.75) is 23.8 Å². The van der Waals surface area contributed by atoms with Gasteiger partial charge in [0.15, 0.2) is 0 Å². The highest BCUT2D eigenvalue weighted by Crippen LogP contribution is 2.27. The van der Waals surface area contributed by atoms with Crippen molar-refractivity contribution in [2.24, 2.45) is 14.1 Å². The molecule has 1 unspecified atom stereocenters. The Morgan fingerprint density at radius 1 is 1.22 bits per heavy atom. The first-order valence-corrected chi connectivity index (χ1v) is 9.14. The molecule has 0 spiro atoms. The standard InChI is InChI=1S/C15H22N4O3S/c1-16-10-11-5-4-8-19(11)23(21,22)12-6-7-13-14(9-12)18(3)15(20)17(13)2/h6-7,9,11,16H,4-5,8,10H2,1-3H3. The summed E-state index contributed by atoms with van der Waals surface area (Å²) in [6, 6.07) is 4.87. The first kappa shape index (κ1) is 16.2. The second kappa shape index (κ2) is 5.77. The third-order valence-corrected chi connectivity index (χ3v) is 6.56. The molecule has 1 fully saturated rings. The molecular formula is C15H22N4O3S. The molecule has 1 aromatic heterocycles. The van der Waals surface area contributed by atoms with Gasteiger partial charge in [-0.1, -0.05) is 0 Å². The number of aryl methyl sites for hydroxylation is 2. The topological polar surface area (TPSA) is 76.3 Å². The van der Waals surface area contributed by atoms with Crippen LogP contribution in [0.5, 0.6) is 0 Å². The fourth-order valence-corrected chi connectivity index (χ4v) is 5.06. The number of fused-ring (bicyclic) bond motifs is 1. The molecule has 0 aliphatic carbocycles. The molecule has 0 radical (unpaired) electrons. The molecule has 0 saturated carbocycles. The minimum Gasteiger partial charge on any atom is -0.318 e. The van der Waals surface area contributed by atoms with Crippen LogP contribution in [-0.4, -0.2) is 48.0 Å². The molecule has 1 aliphatic rings. The van der Waals surface area contributed by atoms with Crippen molar-refractivity contribution in [3.8, 4) is 0 Å². The van der Waals surface area contributed by atoms with Crippen molar-refractivity contribution in [3.05, 3.63) is 28.7 Å². The summed E-state index contributed by atoms with van der Waals surface area (Å²) in [5.74, 6) is 0. The smallest absolute Gasteiger partial charge is 0.318 e. The van der Waals surface area contributed by atoms with Crippen LogP contribution < -0.4 is 11.0 Å². The second-order valence-corrected chi connectivity index (χ2v) is 7.91. The van der Waals surface area contributed by atoms with E-state index >= 15 is 0 Å². The van der Waals surface area contributed by atoms with Crippen molar-refractivity contribution in [2.75, 3.05) is 20.1 Å². The molecular weight excluding hydrogens is 316 g/mol. The number of nitrogens with zero attached hydrogens (tertiary/aromatic N) is 3. The van der Waals surface area contributed by atoms with Crippen LogP contribution in [0, 0.1) is 0 Å². The molecule has 1 aromatic carbocycles. The summed E-state index contributed by atoms with van der Waals surface area (Å²) < 4.78 is 30.5. The predicted molar refractivity (Wildman–Crippen MR) is 89.0 cm³/mol. The molecule has 1 aliphatic heterocycles. The van der Waals surface area contributed by atoms with Crippen molar-refractivity contribution in [1.29, 1.82) is 0 Å². The Balaban J connectivity index is 2.08. The van der Waals surface area contributed by atoms with E-state index in [1.807, 2.05) is 7.05 Å².